The van der Waals surface area contributed by atoms with Gasteiger partial charge in [0.25, 0.3) is 0 Å². The van der Waals surface area contributed by atoms with Crippen molar-refractivity contribution in [1.82, 2.24) is 4.90 Å². The van der Waals surface area contributed by atoms with Gasteiger partial charge >= 0.3 is 6.09 Å². The summed E-state index contributed by atoms with van der Waals surface area (Å²) >= 11 is 0. The van der Waals surface area contributed by atoms with Crippen molar-refractivity contribution in [2.45, 2.75) is 59.1 Å². The second kappa shape index (κ2) is 5.35. The van der Waals surface area contributed by atoms with Crippen LogP contribution < -0.4 is 0 Å². The molecule has 1 aliphatic heterocycles. The van der Waals surface area contributed by atoms with E-state index in [2.05, 4.69) is 20.4 Å². The molecular formula is C15H25NO3. The number of hydrogen-bond acceptors (Lipinski definition) is 3. The summed E-state index contributed by atoms with van der Waals surface area (Å²) in [5.41, 5.74) is -0.546. The lowest BCUT2D eigenvalue weighted by Crippen LogP contribution is -2.53. The Morgan fingerprint density at radius 3 is 2.42 bits per heavy atom. The first-order valence-electron chi connectivity index (χ1n) is 6.72. The van der Waals surface area contributed by atoms with Gasteiger partial charge in [-0.05, 0) is 45.1 Å². The molecular weight excluding hydrogens is 242 g/mol. The molecule has 1 atom stereocenters. The zero-order valence-corrected chi connectivity index (χ0v) is 12.7. The molecule has 0 aromatic carbocycles. The summed E-state index contributed by atoms with van der Waals surface area (Å²) in [6, 6.07) is -0.430. The van der Waals surface area contributed by atoms with Gasteiger partial charge in [-0.3, -0.25) is 9.69 Å². The van der Waals surface area contributed by atoms with E-state index in [-0.39, 0.29) is 11.2 Å². The Hall–Kier alpha value is -1.32. The Labute approximate surface area is 115 Å². The molecule has 0 bridgehead atoms. The third-order valence-corrected chi connectivity index (χ3v) is 3.23. The SMILES string of the molecule is C=CC(=O)C1CCC(C)(C)CN1C(=O)OC(C)(C)C. The van der Waals surface area contributed by atoms with E-state index in [1.54, 1.807) is 4.90 Å². The van der Waals surface area contributed by atoms with Crippen molar-refractivity contribution in [3.63, 3.8) is 0 Å². The highest BCUT2D eigenvalue weighted by atomic mass is 16.6. The van der Waals surface area contributed by atoms with Gasteiger partial charge in [-0.25, -0.2) is 4.79 Å². The van der Waals surface area contributed by atoms with E-state index in [1.165, 1.54) is 6.08 Å². The van der Waals surface area contributed by atoms with E-state index in [0.717, 1.165) is 6.42 Å². The molecule has 1 heterocycles. The van der Waals surface area contributed by atoms with Crippen LogP contribution in [-0.4, -0.2) is 35.0 Å². The fraction of sp³-hybridized carbons (Fsp3) is 0.733. The highest BCUT2D eigenvalue weighted by molar-refractivity contribution is 5.95. The topological polar surface area (TPSA) is 46.6 Å². The molecule has 19 heavy (non-hydrogen) atoms. The van der Waals surface area contributed by atoms with Crippen LogP contribution in [0.4, 0.5) is 4.79 Å². The van der Waals surface area contributed by atoms with Gasteiger partial charge in [0.2, 0.25) is 0 Å². The average molecular weight is 267 g/mol. The maximum Gasteiger partial charge on any atom is 0.410 e. The predicted octanol–water partition coefficient (Wildman–Crippen LogP) is 3.17. The summed E-state index contributed by atoms with van der Waals surface area (Å²) in [6.07, 6.45) is 2.45. The van der Waals surface area contributed by atoms with Crippen LogP contribution in [0.2, 0.25) is 0 Å². The first-order valence-corrected chi connectivity index (χ1v) is 6.72. The molecule has 0 N–H and O–H groups in total. The third-order valence-electron chi connectivity index (χ3n) is 3.23. The molecule has 0 radical (unpaired) electrons. The van der Waals surface area contributed by atoms with Crippen molar-refractivity contribution in [3.8, 4) is 0 Å². The highest BCUT2D eigenvalue weighted by Gasteiger charge is 2.40. The molecule has 0 spiro atoms. The number of piperidine rings is 1. The van der Waals surface area contributed by atoms with Crippen molar-refractivity contribution < 1.29 is 14.3 Å². The minimum atomic E-state index is -0.555. The van der Waals surface area contributed by atoms with Crippen molar-refractivity contribution in [3.05, 3.63) is 12.7 Å². The normalized spacial score (nSPS) is 22.8. The number of likely N-dealkylation sites (tertiary alicyclic amines) is 1. The summed E-state index contributed by atoms with van der Waals surface area (Å²) < 4.78 is 5.40. The zero-order chi connectivity index (χ0) is 14.8. The van der Waals surface area contributed by atoms with E-state index < -0.39 is 17.7 Å². The lowest BCUT2D eigenvalue weighted by atomic mass is 9.80. The van der Waals surface area contributed by atoms with Gasteiger partial charge in [0.1, 0.15) is 5.60 Å². The number of carbonyl (C=O) groups is 2. The Balaban J connectivity index is 2.91. The van der Waals surface area contributed by atoms with Gasteiger partial charge < -0.3 is 4.74 Å². The second-order valence-electron chi connectivity index (χ2n) is 6.93. The second-order valence-corrected chi connectivity index (χ2v) is 6.93. The van der Waals surface area contributed by atoms with Crippen LogP contribution in [0.3, 0.4) is 0 Å². The third kappa shape index (κ3) is 4.37. The molecule has 4 nitrogen and oxygen atoms in total. The van der Waals surface area contributed by atoms with Gasteiger partial charge in [-0.15, -0.1) is 0 Å². The number of carbonyl (C=O) groups excluding carboxylic acids is 2. The molecule has 0 aliphatic carbocycles. The first-order chi connectivity index (χ1) is 8.56. The molecule has 1 fully saturated rings. The number of nitrogens with zero attached hydrogens (tertiary/aromatic N) is 1. The molecule has 1 aliphatic rings. The van der Waals surface area contributed by atoms with E-state index in [4.69, 9.17) is 4.74 Å². The summed E-state index contributed by atoms with van der Waals surface area (Å²) in [4.78, 5) is 25.7. The number of hydrogen-bond donors (Lipinski definition) is 0. The number of rotatable bonds is 2. The molecule has 1 amide bonds. The van der Waals surface area contributed by atoms with Crippen LogP contribution in [-0.2, 0) is 9.53 Å². The van der Waals surface area contributed by atoms with Crippen LogP contribution in [0, 0.1) is 5.41 Å². The first kappa shape index (κ1) is 15.7. The Bertz CT molecular complexity index is 379. The van der Waals surface area contributed by atoms with Crippen molar-refractivity contribution in [2.75, 3.05) is 6.54 Å². The maximum atomic E-state index is 12.2. The molecule has 1 saturated heterocycles. The fourth-order valence-corrected chi connectivity index (χ4v) is 2.28. The van der Waals surface area contributed by atoms with Crippen LogP contribution in [0.25, 0.3) is 0 Å². The standard InChI is InChI=1S/C15H25NO3/c1-7-12(17)11-8-9-15(5,6)10-16(11)13(18)19-14(2,3)4/h7,11H,1,8-10H2,2-6H3. The number of ketones is 1. The van der Waals surface area contributed by atoms with Crippen LogP contribution in [0.1, 0.15) is 47.5 Å². The summed E-state index contributed by atoms with van der Waals surface area (Å²) in [7, 11) is 0. The monoisotopic (exact) mass is 267 g/mol. The Morgan fingerprint density at radius 2 is 1.95 bits per heavy atom. The van der Waals surface area contributed by atoms with Gasteiger partial charge in [0, 0.05) is 6.54 Å². The van der Waals surface area contributed by atoms with Gasteiger partial charge in [-0.1, -0.05) is 20.4 Å². The van der Waals surface area contributed by atoms with Crippen LogP contribution in [0.5, 0.6) is 0 Å². The maximum absolute atomic E-state index is 12.2. The fourth-order valence-electron chi connectivity index (χ4n) is 2.28. The van der Waals surface area contributed by atoms with Crippen molar-refractivity contribution in [1.29, 1.82) is 0 Å². The minimum absolute atomic E-state index is 0.00878. The van der Waals surface area contributed by atoms with Crippen molar-refractivity contribution in [2.24, 2.45) is 5.41 Å². The predicted molar refractivity (Wildman–Crippen MR) is 74.9 cm³/mol. The highest BCUT2D eigenvalue weighted by Crippen LogP contribution is 2.33. The Kier molecular flexibility index (Phi) is 4.43. The number of ether oxygens (including phenoxy) is 1. The molecule has 1 rings (SSSR count). The summed E-state index contributed by atoms with van der Waals surface area (Å²) in [5, 5.41) is 0. The minimum Gasteiger partial charge on any atom is -0.444 e. The largest absolute Gasteiger partial charge is 0.444 e. The summed E-state index contributed by atoms with van der Waals surface area (Å²) in [6.45, 7) is 13.7. The molecule has 108 valence electrons. The van der Waals surface area contributed by atoms with Crippen molar-refractivity contribution >= 4 is 11.9 Å². The quantitative estimate of drug-likeness (QED) is 0.722. The number of amides is 1. The van der Waals surface area contributed by atoms with Gasteiger partial charge in [-0.2, -0.15) is 0 Å². The van der Waals surface area contributed by atoms with E-state index in [1.807, 2.05) is 20.8 Å². The van der Waals surface area contributed by atoms with Crippen LogP contribution in [0.15, 0.2) is 12.7 Å². The lowest BCUT2D eigenvalue weighted by molar-refractivity contribution is -0.122. The van der Waals surface area contributed by atoms with Crippen LogP contribution >= 0.6 is 0 Å². The molecule has 0 aromatic rings. The van der Waals surface area contributed by atoms with Gasteiger partial charge in [0.05, 0.1) is 6.04 Å². The van der Waals surface area contributed by atoms with E-state index in [0.29, 0.717) is 13.0 Å². The zero-order valence-electron chi connectivity index (χ0n) is 12.7. The Morgan fingerprint density at radius 1 is 1.37 bits per heavy atom. The lowest BCUT2D eigenvalue weighted by Gasteiger charge is -2.42. The molecule has 4 heteroatoms. The smallest absolute Gasteiger partial charge is 0.410 e. The average Bonchev–Trinajstić information content (AvgIpc) is 2.24. The van der Waals surface area contributed by atoms with Gasteiger partial charge in [0.15, 0.2) is 5.78 Å². The summed E-state index contributed by atoms with van der Waals surface area (Å²) in [5.74, 6) is -0.110. The molecule has 1 unspecified atom stereocenters. The van der Waals surface area contributed by atoms with E-state index in [9.17, 15) is 9.59 Å². The van der Waals surface area contributed by atoms with E-state index >= 15 is 0 Å². The molecule has 0 saturated carbocycles. The molecule has 0 aromatic heterocycles.